The van der Waals surface area contributed by atoms with Gasteiger partial charge in [-0.1, -0.05) is 42.1 Å². The zero-order valence-electron chi connectivity index (χ0n) is 17.8. The van der Waals surface area contributed by atoms with Crippen LogP contribution >= 0.6 is 11.8 Å². The molecule has 2 aromatic carbocycles. The van der Waals surface area contributed by atoms with E-state index >= 15 is 0 Å². The van der Waals surface area contributed by atoms with Crippen molar-refractivity contribution in [1.29, 1.82) is 0 Å². The van der Waals surface area contributed by atoms with Gasteiger partial charge < -0.3 is 4.74 Å². The third kappa shape index (κ3) is 3.88. The molecule has 3 aromatic rings. The molecule has 0 N–H and O–H groups in total. The first kappa shape index (κ1) is 20.7. The van der Waals surface area contributed by atoms with E-state index in [1.54, 1.807) is 31.4 Å². The first-order valence-electron chi connectivity index (χ1n) is 10.8. The number of rotatable bonds is 5. The van der Waals surface area contributed by atoms with E-state index in [4.69, 9.17) is 14.7 Å². The Balaban J connectivity index is 1.44. The van der Waals surface area contributed by atoms with E-state index in [0.29, 0.717) is 16.6 Å². The third-order valence-corrected chi connectivity index (χ3v) is 6.94. The van der Waals surface area contributed by atoms with Crippen molar-refractivity contribution in [3.8, 4) is 17.0 Å². The van der Waals surface area contributed by atoms with Crippen molar-refractivity contribution < 1.29 is 14.3 Å². The van der Waals surface area contributed by atoms with Crippen molar-refractivity contribution in [3.63, 3.8) is 0 Å². The number of carbonyl (C=O) groups is 2. The molecule has 32 heavy (non-hydrogen) atoms. The number of benzene rings is 2. The van der Waals surface area contributed by atoms with Gasteiger partial charge in [0.2, 0.25) is 11.8 Å². The molecule has 0 saturated carbocycles. The Morgan fingerprint density at radius 1 is 0.969 bits per heavy atom. The Labute approximate surface area is 191 Å². The average molecular weight is 446 g/mol. The van der Waals surface area contributed by atoms with Crippen molar-refractivity contribution in [2.45, 2.75) is 42.5 Å². The summed E-state index contributed by atoms with van der Waals surface area (Å²) in [5.41, 5.74) is 4.84. The molecule has 5 rings (SSSR count). The van der Waals surface area contributed by atoms with E-state index in [-0.39, 0.29) is 18.2 Å². The van der Waals surface area contributed by atoms with Gasteiger partial charge in [-0.15, -0.1) is 0 Å². The molecular formula is C25H23N3O3S. The Bertz CT molecular complexity index is 1170. The van der Waals surface area contributed by atoms with Gasteiger partial charge in [-0.05, 0) is 49.9 Å². The maximum Gasteiger partial charge on any atom is 0.247 e. The number of imide groups is 1. The van der Waals surface area contributed by atoms with Crippen LogP contribution < -0.4 is 9.64 Å². The number of hydrogen-bond acceptors (Lipinski definition) is 6. The summed E-state index contributed by atoms with van der Waals surface area (Å²) < 4.78 is 5.17. The van der Waals surface area contributed by atoms with Gasteiger partial charge in [0.15, 0.2) is 5.16 Å². The first-order valence-corrected chi connectivity index (χ1v) is 11.6. The van der Waals surface area contributed by atoms with Crippen LogP contribution in [0.3, 0.4) is 0 Å². The van der Waals surface area contributed by atoms with Crippen LogP contribution in [-0.4, -0.2) is 34.1 Å². The number of amides is 2. The molecule has 0 unspecified atom stereocenters. The summed E-state index contributed by atoms with van der Waals surface area (Å²) in [6.45, 7) is 0. The van der Waals surface area contributed by atoms with Crippen molar-refractivity contribution in [2.24, 2.45) is 0 Å². The molecule has 1 atom stereocenters. The molecule has 2 heterocycles. The molecule has 1 fully saturated rings. The highest BCUT2D eigenvalue weighted by Gasteiger charge is 2.41. The zero-order chi connectivity index (χ0) is 22.1. The lowest BCUT2D eigenvalue weighted by molar-refractivity contribution is -0.121. The van der Waals surface area contributed by atoms with Gasteiger partial charge in [0, 0.05) is 23.2 Å². The SMILES string of the molecule is COc1ccc(N2C(=O)C[C@@H](Sc3nc4c(c(-c5ccccc5)n3)CCCC4)C2=O)cc1. The fourth-order valence-corrected chi connectivity index (χ4v) is 5.28. The monoisotopic (exact) mass is 445 g/mol. The normalized spacial score (nSPS) is 18.0. The number of aryl methyl sites for hydroxylation is 1. The van der Waals surface area contributed by atoms with Gasteiger partial charge >= 0.3 is 0 Å². The maximum absolute atomic E-state index is 13.1. The molecule has 1 aliphatic carbocycles. The van der Waals surface area contributed by atoms with Crippen LogP contribution in [0.5, 0.6) is 5.75 Å². The van der Waals surface area contributed by atoms with Crippen LogP contribution in [0.1, 0.15) is 30.5 Å². The van der Waals surface area contributed by atoms with Crippen molar-refractivity contribution in [2.75, 3.05) is 12.0 Å². The van der Waals surface area contributed by atoms with Gasteiger partial charge in [0.1, 0.15) is 11.0 Å². The largest absolute Gasteiger partial charge is 0.497 e. The quantitative estimate of drug-likeness (QED) is 0.427. The fourth-order valence-electron chi connectivity index (χ4n) is 4.28. The Hall–Kier alpha value is -3.19. The van der Waals surface area contributed by atoms with Crippen LogP contribution in [0, 0.1) is 0 Å². The number of aromatic nitrogens is 2. The minimum absolute atomic E-state index is 0.136. The molecule has 6 nitrogen and oxygen atoms in total. The molecule has 2 aliphatic rings. The lowest BCUT2D eigenvalue weighted by atomic mass is 9.92. The standard InChI is InChI=1S/C25H23N3O3S/c1-31-18-13-11-17(12-14-18)28-22(29)15-21(24(28)30)32-25-26-20-10-6-5-9-19(20)23(27-25)16-7-3-2-4-8-16/h2-4,7-8,11-14,21H,5-6,9-10,15H2,1H3/t21-/m1/s1. The summed E-state index contributed by atoms with van der Waals surface area (Å²) in [4.78, 5) is 36.7. The van der Waals surface area contributed by atoms with E-state index in [2.05, 4.69) is 12.1 Å². The van der Waals surface area contributed by atoms with Gasteiger partial charge in [-0.2, -0.15) is 0 Å². The Morgan fingerprint density at radius 3 is 2.47 bits per heavy atom. The van der Waals surface area contributed by atoms with Crippen LogP contribution in [0.2, 0.25) is 0 Å². The second-order valence-corrected chi connectivity index (χ2v) is 9.10. The second kappa shape index (κ2) is 8.74. The van der Waals surface area contributed by atoms with Gasteiger partial charge in [-0.3, -0.25) is 9.59 Å². The molecule has 162 valence electrons. The van der Waals surface area contributed by atoms with Crippen LogP contribution in [0.25, 0.3) is 11.3 Å². The van der Waals surface area contributed by atoms with Gasteiger partial charge in [-0.25, -0.2) is 14.9 Å². The smallest absolute Gasteiger partial charge is 0.247 e. The predicted octanol–water partition coefficient (Wildman–Crippen LogP) is 4.46. The maximum atomic E-state index is 13.1. The lowest BCUT2D eigenvalue weighted by Crippen LogP contribution is -2.31. The number of nitrogens with zero attached hydrogens (tertiary/aromatic N) is 3. The molecule has 0 radical (unpaired) electrons. The number of methoxy groups -OCH3 is 1. The average Bonchev–Trinajstić information content (AvgIpc) is 3.11. The molecular weight excluding hydrogens is 422 g/mol. The van der Waals surface area contributed by atoms with E-state index in [0.717, 1.165) is 42.6 Å². The summed E-state index contributed by atoms with van der Waals surface area (Å²) in [6.07, 6.45) is 4.26. The number of hydrogen-bond donors (Lipinski definition) is 0. The molecule has 2 amide bonds. The third-order valence-electron chi connectivity index (χ3n) is 5.89. The topological polar surface area (TPSA) is 72.4 Å². The van der Waals surface area contributed by atoms with E-state index in [1.807, 2.05) is 18.2 Å². The number of carbonyl (C=O) groups excluding carboxylic acids is 2. The molecule has 7 heteroatoms. The van der Waals surface area contributed by atoms with E-state index in [1.165, 1.54) is 22.2 Å². The molecule has 0 spiro atoms. The lowest BCUT2D eigenvalue weighted by Gasteiger charge is -2.20. The summed E-state index contributed by atoms with van der Waals surface area (Å²) in [5, 5.41) is 0.0297. The number of fused-ring (bicyclic) bond motifs is 1. The Morgan fingerprint density at radius 2 is 1.72 bits per heavy atom. The highest BCUT2D eigenvalue weighted by Crippen LogP contribution is 2.36. The minimum atomic E-state index is -0.533. The highest BCUT2D eigenvalue weighted by atomic mass is 32.2. The summed E-state index contributed by atoms with van der Waals surface area (Å²) in [6, 6.07) is 17.1. The molecule has 1 aromatic heterocycles. The van der Waals surface area contributed by atoms with Crippen molar-refractivity contribution in [3.05, 3.63) is 65.9 Å². The zero-order valence-corrected chi connectivity index (χ0v) is 18.6. The summed E-state index contributed by atoms with van der Waals surface area (Å²) in [7, 11) is 1.58. The van der Waals surface area contributed by atoms with E-state index in [9.17, 15) is 9.59 Å². The second-order valence-electron chi connectivity index (χ2n) is 7.93. The van der Waals surface area contributed by atoms with Crippen LogP contribution in [0.4, 0.5) is 5.69 Å². The fraction of sp³-hybridized carbons (Fsp3) is 0.280. The van der Waals surface area contributed by atoms with Gasteiger partial charge in [0.25, 0.3) is 0 Å². The van der Waals surface area contributed by atoms with Gasteiger partial charge in [0.05, 0.1) is 18.5 Å². The summed E-state index contributed by atoms with van der Waals surface area (Å²) in [5.74, 6) is 0.237. The number of thioether (sulfide) groups is 1. The summed E-state index contributed by atoms with van der Waals surface area (Å²) >= 11 is 1.29. The minimum Gasteiger partial charge on any atom is -0.497 e. The number of anilines is 1. The number of ether oxygens (including phenoxy) is 1. The predicted molar refractivity (Wildman–Crippen MR) is 124 cm³/mol. The molecule has 1 aliphatic heterocycles. The Kier molecular flexibility index (Phi) is 5.66. The molecule has 1 saturated heterocycles. The first-order chi connectivity index (χ1) is 15.6. The van der Waals surface area contributed by atoms with Crippen molar-refractivity contribution >= 4 is 29.3 Å². The highest BCUT2D eigenvalue weighted by molar-refractivity contribution is 8.00. The van der Waals surface area contributed by atoms with E-state index < -0.39 is 5.25 Å². The van der Waals surface area contributed by atoms with Crippen LogP contribution in [-0.2, 0) is 22.4 Å². The van der Waals surface area contributed by atoms with Crippen LogP contribution in [0.15, 0.2) is 59.8 Å². The van der Waals surface area contributed by atoms with Crippen molar-refractivity contribution in [1.82, 2.24) is 9.97 Å². The molecule has 0 bridgehead atoms.